The number of aromatic nitrogens is 2. The van der Waals surface area contributed by atoms with Gasteiger partial charge in [-0.2, -0.15) is 4.98 Å². The van der Waals surface area contributed by atoms with Crippen LogP contribution in [0.1, 0.15) is 12.6 Å². The number of hydrogen-bond acceptors (Lipinski definition) is 4. The van der Waals surface area contributed by atoms with Gasteiger partial charge in [-0.05, 0) is 38.1 Å². The fourth-order valence-electron chi connectivity index (χ4n) is 2.51. The zero-order chi connectivity index (χ0) is 17.8. The van der Waals surface area contributed by atoms with Gasteiger partial charge in [0.25, 0.3) is 0 Å². The smallest absolute Gasteiger partial charge is 0.232 e. The average Bonchev–Trinajstić information content (AvgIpc) is 2.59. The van der Waals surface area contributed by atoms with Crippen LogP contribution in [0.25, 0.3) is 0 Å². The third-order valence-electron chi connectivity index (χ3n) is 3.66. The molecule has 1 N–H and O–H groups in total. The maximum atomic E-state index is 13.9. The van der Waals surface area contributed by atoms with Crippen LogP contribution in [0.5, 0.6) is 0 Å². The van der Waals surface area contributed by atoms with Gasteiger partial charge in [0.1, 0.15) is 17.5 Å². The lowest BCUT2D eigenvalue weighted by Gasteiger charge is -2.22. The quantitative estimate of drug-likeness (QED) is 0.712. The van der Waals surface area contributed by atoms with Crippen LogP contribution >= 0.6 is 0 Å². The summed E-state index contributed by atoms with van der Waals surface area (Å²) in [6.07, 6.45) is 0. The normalized spacial score (nSPS) is 10.6. The first kappa shape index (κ1) is 16.8. The van der Waals surface area contributed by atoms with E-state index in [2.05, 4.69) is 15.3 Å². The lowest BCUT2D eigenvalue weighted by atomic mass is 10.3. The van der Waals surface area contributed by atoms with Crippen LogP contribution < -0.4 is 10.2 Å². The number of para-hydroxylation sites is 1. The second-order valence-corrected chi connectivity index (χ2v) is 5.52. The predicted molar refractivity (Wildman–Crippen MR) is 95.5 cm³/mol. The molecule has 0 saturated heterocycles. The summed E-state index contributed by atoms with van der Waals surface area (Å²) in [4.78, 5) is 10.9. The molecule has 6 heteroatoms. The Balaban J connectivity index is 1.95. The van der Waals surface area contributed by atoms with Crippen molar-refractivity contribution in [2.24, 2.45) is 0 Å². The Morgan fingerprint density at radius 3 is 2.44 bits per heavy atom. The number of nitrogens with one attached hydrogen (secondary N) is 1. The third kappa shape index (κ3) is 3.91. The molecule has 0 fully saturated rings. The van der Waals surface area contributed by atoms with E-state index in [0.717, 1.165) is 17.4 Å². The first-order valence-electron chi connectivity index (χ1n) is 7.97. The Morgan fingerprint density at radius 2 is 1.76 bits per heavy atom. The summed E-state index contributed by atoms with van der Waals surface area (Å²) in [5.74, 6) is -0.335. The number of rotatable bonds is 5. The molecule has 0 spiro atoms. The van der Waals surface area contributed by atoms with Crippen molar-refractivity contribution < 1.29 is 8.78 Å². The zero-order valence-corrected chi connectivity index (χ0v) is 14.0. The lowest BCUT2D eigenvalue weighted by molar-refractivity contribution is 0.586. The summed E-state index contributed by atoms with van der Waals surface area (Å²) in [5.41, 5.74) is 1.87. The highest BCUT2D eigenvalue weighted by atomic mass is 19.1. The van der Waals surface area contributed by atoms with E-state index in [4.69, 9.17) is 0 Å². The van der Waals surface area contributed by atoms with E-state index in [1.54, 1.807) is 6.07 Å². The Hall–Kier alpha value is -3.02. The minimum atomic E-state index is -0.673. The molecule has 0 aliphatic carbocycles. The van der Waals surface area contributed by atoms with Crippen molar-refractivity contribution in [3.8, 4) is 0 Å². The molecule has 25 heavy (non-hydrogen) atoms. The average molecular weight is 340 g/mol. The summed E-state index contributed by atoms with van der Waals surface area (Å²) < 4.78 is 26.9. The van der Waals surface area contributed by atoms with Crippen LogP contribution in [-0.4, -0.2) is 16.5 Å². The minimum absolute atomic E-state index is 0.160. The standard InChI is InChI=1S/C19H18F2N4/c1-3-25(15-7-5-4-6-8-15)19-22-13(2)11-18(24-19)23-17-10-9-14(20)12-16(17)21/h4-12H,3H2,1-2H3,(H,22,23,24). The van der Waals surface area contributed by atoms with E-state index in [1.165, 1.54) is 12.1 Å². The molecule has 0 amide bonds. The largest absolute Gasteiger partial charge is 0.338 e. The van der Waals surface area contributed by atoms with Gasteiger partial charge in [-0.3, -0.25) is 0 Å². The van der Waals surface area contributed by atoms with Gasteiger partial charge in [-0.25, -0.2) is 13.8 Å². The molecule has 3 rings (SSSR count). The van der Waals surface area contributed by atoms with E-state index < -0.39 is 11.6 Å². The molecule has 0 bridgehead atoms. The van der Waals surface area contributed by atoms with Crippen molar-refractivity contribution >= 4 is 23.1 Å². The molecule has 128 valence electrons. The maximum Gasteiger partial charge on any atom is 0.232 e. The van der Waals surface area contributed by atoms with Gasteiger partial charge in [0.2, 0.25) is 5.95 Å². The number of benzene rings is 2. The molecule has 4 nitrogen and oxygen atoms in total. The van der Waals surface area contributed by atoms with Gasteiger partial charge in [0, 0.05) is 30.1 Å². The SMILES string of the molecule is CCN(c1ccccc1)c1nc(C)cc(Nc2ccc(F)cc2F)n1. The molecule has 1 aromatic heterocycles. The Bertz CT molecular complexity index is 869. The fourth-order valence-corrected chi connectivity index (χ4v) is 2.51. The monoisotopic (exact) mass is 340 g/mol. The zero-order valence-electron chi connectivity index (χ0n) is 14.0. The number of halogens is 2. The third-order valence-corrected chi connectivity index (χ3v) is 3.66. The number of nitrogens with zero attached hydrogens (tertiary/aromatic N) is 3. The summed E-state index contributed by atoms with van der Waals surface area (Å²) in [6.45, 7) is 4.53. The maximum absolute atomic E-state index is 13.9. The molecule has 1 heterocycles. The van der Waals surface area contributed by atoms with E-state index in [1.807, 2.05) is 49.1 Å². The molecule has 0 saturated carbocycles. The van der Waals surface area contributed by atoms with Crippen LogP contribution in [0.2, 0.25) is 0 Å². The highest BCUT2D eigenvalue weighted by molar-refractivity contribution is 5.62. The van der Waals surface area contributed by atoms with Gasteiger partial charge in [-0.1, -0.05) is 18.2 Å². The number of hydrogen-bond donors (Lipinski definition) is 1. The van der Waals surface area contributed by atoms with Gasteiger partial charge in [0.05, 0.1) is 5.69 Å². The van der Waals surface area contributed by atoms with Gasteiger partial charge < -0.3 is 10.2 Å². The number of anilines is 4. The highest BCUT2D eigenvalue weighted by Crippen LogP contribution is 2.25. The number of aryl methyl sites for hydroxylation is 1. The first-order chi connectivity index (χ1) is 12.1. The molecule has 0 unspecified atom stereocenters. The Labute approximate surface area is 145 Å². The van der Waals surface area contributed by atoms with Crippen molar-refractivity contribution in [1.82, 2.24) is 9.97 Å². The van der Waals surface area contributed by atoms with Crippen molar-refractivity contribution in [3.63, 3.8) is 0 Å². The molecule has 0 radical (unpaired) electrons. The minimum Gasteiger partial charge on any atom is -0.338 e. The molecule has 2 aromatic carbocycles. The fraction of sp³-hybridized carbons (Fsp3) is 0.158. The van der Waals surface area contributed by atoms with E-state index in [9.17, 15) is 8.78 Å². The summed E-state index contributed by atoms with van der Waals surface area (Å²) in [7, 11) is 0. The van der Waals surface area contributed by atoms with Gasteiger partial charge >= 0.3 is 0 Å². The van der Waals surface area contributed by atoms with Crippen molar-refractivity contribution in [1.29, 1.82) is 0 Å². The second kappa shape index (κ2) is 7.25. The van der Waals surface area contributed by atoms with Crippen LogP contribution in [0.4, 0.5) is 31.9 Å². The summed E-state index contributed by atoms with van der Waals surface area (Å²) in [5, 5.41) is 2.89. The van der Waals surface area contributed by atoms with Crippen molar-refractivity contribution in [2.45, 2.75) is 13.8 Å². The van der Waals surface area contributed by atoms with Gasteiger partial charge in [-0.15, -0.1) is 0 Å². The van der Waals surface area contributed by atoms with Crippen molar-refractivity contribution in [2.75, 3.05) is 16.8 Å². The van der Waals surface area contributed by atoms with Crippen LogP contribution in [-0.2, 0) is 0 Å². The molecule has 0 atom stereocenters. The predicted octanol–water partition coefficient (Wildman–Crippen LogP) is 4.96. The highest BCUT2D eigenvalue weighted by Gasteiger charge is 2.13. The van der Waals surface area contributed by atoms with Crippen molar-refractivity contribution in [3.05, 3.63) is 71.9 Å². The summed E-state index contributed by atoms with van der Waals surface area (Å²) in [6, 6.07) is 14.9. The lowest BCUT2D eigenvalue weighted by Crippen LogP contribution is -2.19. The molecule has 0 aliphatic rings. The second-order valence-electron chi connectivity index (χ2n) is 5.52. The molecular weight excluding hydrogens is 322 g/mol. The van der Waals surface area contributed by atoms with E-state index >= 15 is 0 Å². The van der Waals surface area contributed by atoms with E-state index in [0.29, 0.717) is 18.3 Å². The molecule has 3 aromatic rings. The Morgan fingerprint density at radius 1 is 1.00 bits per heavy atom. The molecule has 0 aliphatic heterocycles. The van der Waals surface area contributed by atoms with Crippen LogP contribution in [0, 0.1) is 18.6 Å². The first-order valence-corrected chi connectivity index (χ1v) is 7.97. The summed E-state index contributed by atoms with van der Waals surface area (Å²) >= 11 is 0. The van der Waals surface area contributed by atoms with Gasteiger partial charge in [0.15, 0.2) is 0 Å². The van der Waals surface area contributed by atoms with Crippen LogP contribution in [0.3, 0.4) is 0 Å². The van der Waals surface area contributed by atoms with Crippen LogP contribution in [0.15, 0.2) is 54.6 Å². The molecular formula is C19H18F2N4. The topological polar surface area (TPSA) is 41.1 Å². The van der Waals surface area contributed by atoms with E-state index in [-0.39, 0.29) is 5.69 Å². The Kier molecular flexibility index (Phi) is 4.88.